The maximum atomic E-state index is 12.5. The lowest BCUT2D eigenvalue weighted by Crippen LogP contribution is -2.08. The minimum atomic E-state index is -0.665. The van der Waals surface area contributed by atoms with Gasteiger partial charge in [-0.15, -0.1) is 4.91 Å². The Balaban J connectivity index is 2.35. The van der Waals surface area contributed by atoms with Crippen LogP contribution in [0.5, 0.6) is 0 Å². The topological polar surface area (TPSA) is 55.7 Å². The highest BCUT2D eigenvalue weighted by Gasteiger charge is 2.20. The Kier molecular flexibility index (Phi) is 8.98. The molecule has 0 saturated carbocycles. The first-order valence-corrected chi connectivity index (χ1v) is 9.66. The molecule has 0 saturated heterocycles. The first-order chi connectivity index (χ1) is 13.3. The molecule has 0 aliphatic heterocycles. The molecule has 27 heavy (non-hydrogen) atoms. The van der Waals surface area contributed by atoms with Crippen LogP contribution in [0.2, 0.25) is 0 Å². The molecule has 4 nitrogen and oxygen atoms in total. The van der Waals surface area contributed by atoms with Gasteiger partial charge in [-0.3, -0.25) is 4.84 Å². The lowest BCUT2D eigenvalue weighted by Gasteiger charge is -2.14. The summed E-state index contributed by atoms with van der Waals surface area (Å²) in [6, 6.07) is 19.5. The van der Waals surface area contributed by atoms with Crippen molar-refractivity contribution in [2.45, 2.75) is 51.9 Å². The monoisotopic (exact) mass is 365 g/mol. The molecule has 2 aromatic carbocycles. The van der Waals surface area contributed by atoms with E-state index in [1.54, 1.807) is 0 Å². The van der Waals surface area contributed by atoms with Crippen LogP contribution < -0.4 is 0 Å². The second-order valence-electron chi connectivity index (χ2n) is 6.56. The molecule has 0 aliphatic rings. The van der Waals surface area contributed by atoms with Gasteiger partial charge in [0.25, 0.3) is 0 Å². The number of carbonyl (C=O) groups is 1. The van der Waals surface area contributed by atoms with Crippen molar-refractivity contribution in [1.29, 1.82) is 0 Å². The van der Waals surface area contributed by atoms with E-state index in [-0.39, 0.29) is 0 Å². The molecule has 0 N–H and O–H groups in total. The molecule has 0 heterocycles. The van der Waals surface area contributed by atoms with Crippen LogP contribution in [0.1, 0.15) is 63.0 Å². The van der Waals surface area contributed by atoms with Gasteiger partial charge in [-0.2, -0.15) is 0 Å². The van der Waals surface area contributed by atoms with Crippen LogP contribution in [0.3, 0.4) is 0 Å². The zero-order valence-corrected chi connectivity index (χ0v) is 15.9. The van der Waals surface area contributed by atoms with Crippen LogP contribution in [0.4, 0.5) is 0 Å². The average Bonchev–Trinajstić information content (AvgIpc) is 2.71. The summed E-state index contributed by atoms with van der Waals surface area (Å²) in [6.45, 7) is 2.19. The molecule has 0 aromatic heterocycles. The Morgan fingerprint density at radius 1 is 0.815 bits per heavy atom. The highest BCUT2D eigenvalue weighted by atomic mass is 16.7. The molecule has 142 valence electrons. The number of hydrogen-bond acceptors (Lipinski definition) is 4. The van der Waals surface area contributed by atoms with Gasteiger partial charge in [0.15, 0.2) is 5.34 Å². The molecule has 0 aliphatic carbocycles. The second kappa shape index (κ2) is 11.8. The number of nitrogens with zero attached hydrogens (tertiary/aromatic N) is 1. The summed E-state index contributed by atoms with van der Waals surface area (Å²) in [7, 11) is 0. The van der Waals surface area contributed by atoms with E-state index in [2.05, 4.69) is 17.1 Å². The van der Waals surface area contributed by atoms with Gasteiger partial charge in [0, 0.05) is 5.57 Å². The Morgan fingerprint density at radius 3 is 1.85 bits per heavy atom. The van der Waals surface area contributed by atoms with E-state index >= 15 is 0 Å². The number of carbonyl (C=O) groups excluding carboxylic acids is 1. The summed E-state index contributed by atoms with van der Waals surface area (Å²) in [4.78, 5) is 27.6. The third-order valence-corrected chi connectivity index (χ3v) is 4.57. The molecule has 0 bridgehead atoms. The molecule has 0 amide bonds. The number of benzene rings is 2. The summed E-state index contributed by atoms with van der Waals surface area (Å²) in [5.41, 5.74) is 3.15. The van der Waals surface area contributed by atoms with Crippen molar-refractivity contribution >= 4 is 11.5 Å². The first kappa shape index (κ1) is 20.6. The lowest BCUT2D eigenvalue weighted by atomic mass is 9.90. The minimum Gasteiger partial charge on any atom is -0.279 e. The van der Waals surface area contributed by atoms with Gasteiger partial charge in [0.2, 0.25) is 0 Å². The van der Waals surface area contributed by atoms with Gasteiger partial charge in [-0.25, -0.2) is 4.79 Å². The van der Waals surface area contributed by atoms with Crippen molar-refractivity contribution in [2.75, 3.05) is 0 Å². The van der Waals surface area contributed by atoms with Gasteiger partial charge in [-0.1, -0.05) is 99.7 Å². The largest absolute Gasteiger partial charge is 0.365 e. The Hall–Kier alpha value is -2.75. The molecule has 0 atom stereocenters. The van der Waals surface area contributed by atoms with E-state index in [4.69, 9.17) is 0 Å². The van der Waals surface area contributed by atoms with Crippen molar-refractivity contribution in [3.05, 3.63) is 82.3 Å². The fourth-order valence-electron chi connectivity index (χ4n) is 3.22. The summed E-state index contributed by atoms with van der Waals surface area (Å²) in [5.74, 6) is -0.665. The van der Waals surface area contributed by atoms with Crippen LogP contribution in [0.25, 0.3) is 5.57 Å². The lowest BCUT2D eigenvalue weighted by molar-refractivity contribution is -0.139. The van der Waals surface area contributed by atoms with E-state index < -0.39 is 5.97 Å². The zero-order valence-electron chi connectivity index (χ0n) is 15.9. The van der Waals surface area contributed by atoms with E-state index in [0.29, 0.717) is 12.0 Å². The van der Waals surface area contributed by atoms with Crippen molar-refractivity contribution in [2.24, 2.45) is 5.34 Å². The first-order valence-electron chi connectivity index (χ1n) is 9.66. The fraction of sp³-hybridized carbons (Fsp3) is 0.348. The average molecular weight is 365 g/mol. The van der Waals surface area contributed by atoms with E-state index in [1.165, 1.54) is 19.3 Å². The molecular weight excluding hydrogens is 338 g/mol. The van der Waals surface area contributed by atoms with Gasteiger partial charge in [0.05, 0.1) is 0 Å². The van der Waals surface area contributed by atoms with E-state index in [1.807, 2.05) is 60.7 Å². The van der Waals surface area contributed by atoms with E-state index in [9.17, 15) is 9.70 Å². The van der Waals surface area contributed by atoms with Gasteiger partial charge < -0.3 is 0 Å². The third kappa shape index (κ3) is 6.48. The molecule has 2 rings (SSSR count). The normalized spacial score (nSPS) is 10.3. The minimum absolute atomic E-state index is 0.502. The van der Waals surface area contributed by atoms with Crippen molar-refractivity contribution in [3.63, 3.8) is 0 Å². The molecule has 4 heteroatoms. The van der Waals surface area contributed by atoms with Gasteiger partial charge >= 0.3 is 5.97 Å². The highest BCUT2D eigenvalue weighted by molar-refractivity contribution is 6.01. The maximum Gasteiger partial charge on any atom is 0.365 e. The predicted octanol–water partition coefficient (Wildman–Crippen LogP) is 6.46. The number of unbranched alkanes of at least 4 members (excludes halogenated alkanes) is 5. The molecule has 0 spiro atoms. The molecular formula is C23H27NO3. The predicted molar refractivity (Wildman–Crippen MR) is 109 cm³/mol. The van der Waals surface area contributed by atoms with Crippen LogP contribution >= 0.6 is 0 Å². The number of rotatable bonds is 11. The SMILES string of the molecule is CCCCCCCCC(C(=O)ON=O)=C(c1ccccc1)c1ccccc1. The van der Waals surface area contributed by atoms with Crippen molar-refractivity contribution in [1.82, 2.24) is 0 Å². The number of hydrogen-bond donors (Lipinski definition) is 0. The molecule has 0 unspecified atom stereocenters. The summed E-state index contributed by atoms with van der Waals surface area (Å²) < 4.78 is 0. The summed E-state index contributed by atoms with van der Waals surface area (Å²) >= 11 is 0. The Labute approximate surface area is 161 Å². The quantitative estimate of drug-likeness (QED) is 0.199. The Morgan fingerprint density at radius 2 is 1.33 bits per heavy atom. The molecule has 2 aromatic rings. The fourth-order valence-corrected chi connectivity index (χ4v) is 3.22. The molecule has 0 fully saturated rings. The van der Waals surface area contributed by atoms with Gasteiger partial charge in [-0.05, 0) is 29.5 Å². The maximum absolute atomic E-state index is 12.5. The Bertz CT molecular complexity index is 697. The van der Waals surface area contributed by atoms with E-state index in [0.717, 1.165) is 36.0 Å². The molecule has 0 radical (unpaired) electrons. The highest BCUT2D eigenvalue weighted by Crippen LogP contribution is 2.30. The van der Waals surface area contributed by atoms with Crippen molar-refractivity contribution < 1.29 is 9.63 Å². The summed E-state index contributed by atoms with van der Waals surface area (Å²) in [6.07, 6.45) is 7.26. The third-order valence-electron chi connectivity index (χ3n) is 4.57. The smallest absolute Gasteiger partial charge is 0.279 e. The van der Waals surface area contributed by atoms with Gasteiger partial charge in [0.1, 0.15) is 0 Å². The van der Waals surface area contributed by atoms with Crippen LogP contribution in [-0.4, -0.2) is 5.97 Å². The second-order valence-corrected chi connectivity index (χ2v) is 6.56. The van der Waals surface area contributed by atoms with Crippen molar-refractivity contribution in [3.8, 4) is 0 Å². The standard InChI is InChI=1S/C23H27NO3/c1-2-3-4-5-6-13-18-21(23(25)27-24-26)22(19-14-9-7-10-15-19)20-16-11-8-12-17-20/h7-12,14-17H,2-6,13,18H2,1H3. The zero-order chi connectivity index (χ0) is 19.3. The van der Waals surface area contributed by atoms with Crippen LogP contribution in [0.15, 0.2) is 71.6 Å². The van der Waals surface area contributed by atoms with Crippen LogP contribution in [0, 0.1) is 4.91 Å². The summed E-state index contributed by atoms with van der Waals surface area (Å²) in [5, 5.41) is 2.36. The van der Waals surface area contributed by atoms with Crippen LogP contribution in [-0.2, 0) is 9.63 Å².